The first-order valence-corrected chi connectivity index (χ1v) is 10.4. The third-order valence-electron chi connectivity index (χ3n) is 4.61. The lowest BCUT2D eigenvalue weighted by Crippen LogP contribution is -2.05. The largest absolute Gasteiger partial charge is 0.507 e. The molecule has 150 valence electrons. The van der Waals surface area contributed by atoms with E-state index in [0.717, 1.165) is 22.4 Å². The molecule has 0 bridgehead atoms. The fourth-order valence-electron chi connectivity index (χ4n) is 3.11. The van der Waals surface area contributed by atoms with Crippen LogP contribution in [0, 0.1) is 6.92 Å². The molecule has 6 heteroatoms. The highest BCUT2D eigenvalue weighted by atomic mass is 32.2. The number of aryl methyl sites for hydroxylation is 1. The number of hydrogen-bond acceptors (Lipinski definition) is 6. The molecule has 4 rings (SSSR count). The molecule has 0 saturated heterocycles. The molecular formula is C24H20N2O3S. The molecule has 1 heterocycles. The van der Waals surface area contributed by atoms with E-state index in [1.807, 2.05) is 67.6 Å². The molecule has 30 heavy (non-hydrogen) atoms. The highest BCUT2D eigenvalue weighted by molar-refractivity contribution is 7.99. The fraction of sp³-hybridized carbons (Fsp3) is 0.0833. The number of rotatable bonds is 6. The van der Waals surface area contributed by atoms with Crippen molar-refractivity contribution in [3.63, 3.8) is 0 Å². The number of benzene rings is 3. The van der Waals surface area contributed by atoms with Gasteiger partial charge in [-0.15, -0.1) is 0 Å². The summed E-state index contributed by atoms with van der Waals surface area (Å²) in [4.78, 5) is 4.69. The van der Waals surface area contributed by atoms with Gasteiger partial charge in [0, 0.05) is 22.4 Å². The molecule has 0 radical (unpaired) electrons. The van der Waals surface area contributed by atoms with Crippen molar-refractivity contribution < 1.29 is 14.7 Å². The molecule has 0 saturated carbocycles. The van der Waals surface area contributed by atoms with Gasteiger partial charge in [0.25, 0.3) is 5.22 Å². The van der Waals surface area contributed by atoms with Crippen molar-refractivity contribution in [3.8, 4) is 28.3 Å². The summed E-state index contributed by atoms with van der Waals surface area (Å²) in [6.07, 6.45) is 0. The SMILES string of the molecule is Cc1ccc(O)c(/C(CSc2nc(-c3ccccc3)c(-c3ccccc3)o2)=N/O)c1. The van der Waals surface area contributed by atoms with E-state index in [9.17, 15) is 10.3 Å². The Hall–Kier alpha value is -3.51. The maximum absolute atomic E-state index is 10.1. The van der Waals surface area contributed by atoms with E-state index >= 15 is 0 Å². The molecular weight excluding hydrogens is 396 g/mol. The lowest BCUT2D eigenvalue weighted by atomic mass is 10.1. The molecule has 0 atom stereocenters. The summed E-state index contributed by atoms with van der Waals surface area (Å²) >= 11 is 1.31. The molecule has 0 aliphatic carbocycles. The van der Waals surface area contributed by atoms with Gasteiger partial charge in [-0.2, -0.15) is 0 Å². The topological polar surface area (TPSA) is 78.9 Å². The molecule has 5 nitrogen and oxygen atoms in total. The van der Waals surface area contributed by atoms with Gasteiger partial charge >= 0.3 is 0 Å². The van der Waals surface area contributed by atoms with Crippen LogP contribution in [0.25, 0.3) is 22.6 Å². The van der Waals surface area contributed by atoms with E-state index < -0.39 is 0 Å². The highest BCUT2D eigenvalue weighted by Crippen LogP contribution is 2.36. The number of oxime groups is 1. The van der Waals surface area contributed by atoms with E-state index in [-0.39, 0.29) is 11.5 Å². The van der Waals surface area contributed by atoms with Crippen LogP contribution in [0.15, 0.2) is 93.7 Å². The quantitative estimate of drug-likeness (QED) is 0.175. The van der Waals surface area contributed by atoms with Crippen LogP contribution in [-0.2, 0) is 0 Å². The van der Waals surface area contributed by atoms with Gasteiger partial charge < -0.3 is 14.7 Å². The van der Waals surface area contributed by atoms with Gasteiger partial charge in [0.15, 0.2) is 5.76 Å². The molecule has 0 spiro atoms. The Labute approximate surface area is 178 Å². The monoisotopic (exact) mass is 416 g/mol. The maximum Gasteiger partial charge on any atom is 0.257 e. The van der Waals surface area contributed by atoms with Crippen molar-refractivity contribution in [1.29, 1.82) is 0 Å². The van der Waals surface area contributed by atoms with Gasteiger partial charge in [-0.05, 0) is 19.1 Å². The van der Waals surface area contributed by atoms with Gasteiger partial charge in [-0.3, -0.25) is 0 Å². The predicted octanol–water partition coefficient (Wildman–Crippen LogP) is 5.99. The van der Waals surface area contributed by atoms with Crippen molar-refractivity contribution in [1.82, 2.24) is 4.98 Å². The number of phenolic OH excluding ortho intramolecular Hbond substituents is 1. The van der Waals surface area contributed by atoms with Gasteiger partial charge in [-0.1, -0.05) is 89.2 Å². The third-order valence-corrected chi connectivity index (χ3v) is 5.45. The zero-order chi connectivity index (χ0) is 20.9. The molecule has 1 aromatic heterocycles. The van der Waals surface area contributed by atoms with Gasteiger partial charge in [0.05, 0.1) is 0 Å². The first-order chi connectivity index (χ1) is 14.7. The summed E-state index contributed by atoms with van der Waals surface area (Å²) in [7, 11) is 0. The Balaban J connectivity index is 1.65. The fourth-order valence-corrected chi connectivity index (χ4v) is 3.88. The van der Waals surface area contributed by atoms with Crippen LogP contribution in [0.3, 0.4) is 0 Å². The number of aromatic hydroxyl groups is 1. The van der Waals surface area contributed by atoms with Gasteiger partial charge in [0.2, 0.25) is 0 Å². The molecule has 0 fully saturated rings. The van der Waals surface area contributed by atoms with Crippen molar-refractivity contribution in [2.45, 2.75) is 12.1 Å². The number of nitrogens with zero attached hydrogens (tertiary/aromatic N) is 2. The van der Waals surface area contributed by atoms with Crippen LogP contribution in [0.1, 0.15) is 11.1 Å². The second kappa shape index (κ2) is 8.88. The minimum absolute atomic E-state index is 0.0661. The average Bonchev–Trinajstić information content (AvgIpc) is 3.22. The number of aromatic nitrogens is 1. The summed E-state index contributed by atoms with van der Waals surface area (Å²) in [5.41, 5.74) is 4.44. The predicted molar refractivity (Wildman–Crippen MR) is 119 cm³/mol. The van der Waals surface area contributed by atoms with Crippen molar-refractivity contribution in [2.24, 2.45) is 5.16 Å². The van der Waals surface area contributed by atoms with Crippen molar-refractivity contribution in [3.05, 3.63) is 90.0 Å². The summed E-state index contributed by atoms with van der Waals surface area (Å²) in [6.45, 7) is 1.91. The maximum atomic E-state index is 10.1. The first kappa shape index (κ1) is 19.8. The number of thioether (sulfide) groups is 1. The molecule has 0 unspecified atom stereocenters. The Bertz CT molecular complexity index is 1110. The second-order valence-electron chi connectivity index (χ2n) is 6.75. The van der Waals surface area contributed by atoms with Crippen LogP contribution in [-0.4, -0.2) is 26.8 Å². The molecule has 0 aliphatic rings. The molecule has 3 aromatic carbocycles. The van der Waals surface area contributed by atoms with E-state index in [1.54, 1.807) is 18.2 Å². The zero-order valence-electron chi connectivity index (χ0n) is 16.3. The summed E-state index contributed by atoms with van der Waals surface area (Å²) < 4.78 is 6.09. The van der Waals surface area contributed by atoms with Crippen molar-refractivity contribution >= 4 is 17.5 Å². The highest BCUT2D eigenvalue weighted by Gasteiger charge is 2.19. The number of hydrogen-bond donors (Lipinski definition) is 2. The summed E-state index contributed by atoms with van der Waals surface area (Å²) in [5.74, 6) is 1.04. The Morgan fingerprint density at radius 1 is 0.967 bits per heavy atom. The standard InChI is InChI=1S/C24H20N2O3S/c1-16-12-13-21(27)19(14-16)20(26-28)15-30-24-25-22(17-8-4-2-5-9-17)23(29-24)18-10-6-3-7-11-18/h2-14,27-28H,15H2,1H3/b26-20+. The van der Waals surface area contributed by atoms with E-state index in [2.05, 4.69) is 5.16 Å². The van der Waals surface area contributed by atoms with Crippen molar-refractivity contribution in [2.75, 3.05) is 5.75 Å². The lowest BCUT2D eigenvalue weighted by molar-refractivity contribution is 0.319. The zero-order valence-corrected chi connectivity index (χ0v) is 17.1. The minimum Gasteiger partial charge on any atom is -0.507 e. The van der Waals surface area contributed by atoms with Crippen LogP contribution in [0.5, 0.6) is 5.75 Å². The minimum atomic E-state index is 0.0661. The molecule has 2 N–H and O–H groups in total. The smallest absolute Gasteiger partial charge is 0.257 e. The van der Waals surface area contributed by atoms with E-state index in [0.29, 0.717) is 22.3 Å². The Morgan fingerprint density at radius 2 is 1.63 bits per heavy atom. The Morgan fingerprint density at radius 3 is 2.30 bits per heavy atom. The summed E-state index contributed by atoms with van der Waals surface area (Å²) in [6, 6.07) is 24.9. The first-order valence-electron chi connectivity index (χ1n) is 9.41. The molecule has 4 aromatic rings. The van der Waals surface area contributed by atoms with Gasteiger partial charge in [0.1, 0.15) is 17.2 Å². The molecule has 0 amide bonds. The number of phenols is 1. The Kier molecular flexibility index (Phi) is 5.86. The van der Waals surface area contributed by atoms with Crippen LogP contribution < -0.4 is 0 Å². The average molecular weight is 417 g/mol. The summed E-state index contributed by atoms with van der Waals surface area (Å²) in [5, 5.41) is 23.5. The third kappa shape index (κ3) is 4.23. The lowest BCUT2D eigenvalue weighted by Gasteiger charge is -2.06. The van der Waals surface area contributed by atoms with Crippen LogP contribution in [0.4, 0.5) is 0 Å². The van der Waals surface area contributed by atoms with E-state index in [4.69, 9.17) is 9.40 Å². The van der Waals surface area contributed by atoms with E-state index in [1.165, 1.54) is 11.8 Å². The number of oxazole rings is 1. The van der Waals surface area contributed by atoms with Crippen LogP contribution in [0.2, 0.25) is 0 Å². The van der Waals surface area contributed by atoms with Gasteiger partial charge in [-0.25, -0.2) is 4.98 Å². The second-order valence-corrected chi connectivity index (χ2v) is 7.67. The van der Waals surface area contributed by atoms with Crippen LogP contribution >= 0.6 is 11.8 Å². The molecule has 0 aliphatic heterocycles. The normalized spacial score (nSPS) is 11.6.